The number of hydrogen-bond donors (Lipinski definition) is 0. The van der Waals surface area contributed by atoms with Crippen molar-refractivity contribution in [2.45, 2.75) is 4.90 Å². The van der Waals surface area contributed by atoms with E-state index in [4.69, 9.17) is 16.3 Å². The molecule has 0 aliphatic heterocycles. The molecular weight excluding hydrogens is 354 g/mol. The van der Waals surface area contributed by atoms with Crippen molar-refractivity contribution in [3.8, 4) is 5.75 Å². The molecular formula is C16H16ClNO5S. The first-order chi connectivity index (χ1) is 11.3. The molecule has 0 bridgehead atoms. The largest absolute Gasteiger partial charge is 0.495 e. The average Bonchev–Trinajstić information content (AvgIpc) is 2.60. The number of anilines is 1. The third kappa shape index (κ3) is 3.32. The number of nitrogens with zero attached hydrogens (tertiary/aromatic N) is 1. The molecule has 0 unspecified atom stereocenters. The zero-order valence-electron chi connectivity index (χ0n) is 13.3. The Morgan fingerprint density at radius 2 is 1.79 bits per heavy atom. The van der Waals surface area contributed by atoms with Crippen molar-refractivity contribution in [3.05, 3.63) is 53.1 Å². The van der Waals surface area contributed by atoms with E-state index in [9.17, 15) is 13.2 Å². The van der Waals surface area contributed by atoms with Crippen LogP contribution in [0.4, 0.5) is 5.69 Å². The van der Waals surface area contributed by atoms with Crippen molar-refractivity contribution in [2.24, 2.45) is 0 Å². The molecule has 2 aromatic rings. The Labute approximate surface area is 145 Å². The van der Waals surface area contributed by atoms with Gasteiger partial charge >= 0.3 is 5.97 Å². The van der Waals surface area contributed by atoms with E-state index in [2.05, 4.69) is 4.74 Å². The van der Waals surface area contributed by atoms with Crippen LogP contribution in [0, 0.1) is 0 Å². The lowest BCUT2D eigenvalue weighted by Crippen LogP contribution is -2.27. The van der Waals surface area contributed by atoms with Crippen LogP contribution in [0.25, 0.3) is 0 Å². The van der Waals surface area contributed by atoms with Gasteiger partial charge in [0.25, 0.3) is 10.0 Å². The van der Waals surface area contributed by atoms with E-state index in [1.807, 2.05) is 0 Å². The van der Waals surface area contributed by atoms with Crippen LogP contribution in [0.2, 0.25) is 5.02 Å². The lowest BCUT2D eigenvalue weighted by atomic mass is 10.2. The van der Waals surface area contributed by atoms with Crippen molar-refractivity contribution in [3.63, 3.8) is 0 Å². The maximum absolute atomic E-state index is 12.9. The predicted octanol–water partition coefficient (Wildman–Crippen LogP) is 2.96. The predicted molar refractivity (Wildman–Crippen MR) is 91.4 cm³/mol. The highest BCUT2D eigenvalue weighted by atomic mass is 35.5. The van der Waals surface area contributed by atoms with E-state index in [1.54, 1.807) is 24.3 Å². The summed E-state index contributed by atoms with van der Waals surface area (Å²) in [5.74, 6) is -0.303. The molecule has 2 rings (SSSR count). The Morgan fingerprint density at radius 1 is 1.12 bits per heavy atom. The summed E-state index contributed by atoms with van der Waals surface area (Å²) >= 11 is 5.93. The van der Waals surface area contributed by atoms with E-state index < -0.39 is 16.0 Å². The number of benzene rings is 2. The molecule has 0 atom stereocenters. The van der Waals surface area contributed by atoms with Crippen LogP contribution in [0.5, 0.6) is 5.75 Å². The molecule has 0 spiro atoms. The summed E-state index contributed by atoms with van der Waals surface area (Å²) in [5.41, 5.74) is 0.350. The second-order valence-electron chi connectivity index (χ2n) is 4.78. The zero-order valence-corrected chi connectivity index (χ0v) is 14.9. The quantitative estimate of drug-likeness (QED) is 0.757. The highest BCUT2D eigenvalue weighted by Gasteiger charge is 2.25. The normalized spacial score (nSPS) is 11.0. The third-order valence-electron chi connectivity index (χ3n) is 3.43. The Kier molecular flexibility index (Phi) is 5.36. The molecule has 0 heterocycles. The van der Waals surface area contributed by atoms with Crippen LogP contribution in [0.1, 0.15) is 10.4 Å². The molecule has 0 saturated heterocycles. The number of para-hydroxylation sites is 2. The van der Waals surface area contributed by atoms with Crippen LogP contribution in [-0.2, 0) is 14.8 Å². The summed E-state index contributed by atoms with van der Waals surface area (Å²) in [6, 6.07) is 10.6. The van der Waals surface area contributed by atoms with Gasteiger partial charge in [0.2, 0.25) is 0 Å². The number of halogens is 1. The van der Waals surface area contributed by atoms with Crippen molar-refractivity contribution >= 4 is 33.3 Å². The minimum atomic E-state index is -3.92. The van der Waals surface area contributed by atoms with Crippen LogP contribution < -0.4 is 9.04 Å². The Balaban J connectivity index is 2.52. The number of ether oxygens (including phenoxy) is 2. The second kappa shape index (κ2) is 7.11. The second-order valence-corrected chi connectivity index (χ2v) is 7.15. The first-order valence-corrected chi connectivity index (χ1v) is 8.64. The van der Waals surface area contributed by atoms with Crippen molar-refractivity contribution in [2.75, 3.05) is 25.6 Å². The summed E-state index contributed by atoms with van der Waals surface area (Å²) in [5, 5.41) is 0.112. The van der Waals surface area contributed by atoms with E-state index in [1.165, 1.54) is 39.5 Å². The monoisotopic (exact) mass is 369 g/mol. The molecule has 2 aromatic carbocycles. The molecule has 6 nitrogen and oxygen atoms in total. The summed E-state index contributed by atoms with van der Waals surface area (Å²) in [6.45, 7) is 0. The number of methoxy groups -OCH3 is 2. The number of hydrogen-bond acceptors (Lipinski definition) is 5. The van der Waals surface area contributed by atoms with Gasteiger partial charge in [-0.2, -0.15) is 0 Å². The maximum atomic E-state index is 12.9. The van der Waals surface area contributed by atoms with Gasteiger partial charge in [-0.05, 0) is 30.3 Å². The SMILES string of the molecule is COC(=O)c1cc(S(=O)(=O)N(C)c2ccccc2OC)ccc1Cl. The highest BCUT2D eigenvalue weighted by Crippen LogP contribution is 2.31. The fourth-order valence-electron chi connectivity index (χ4n) is 2.11. The standard InChI is InChI=1S/C16H16ClNO5S/c1-18(14-6-4-5-7-15(14)22-2)24(20,21)11-8-9-13(17)12(10-11)16(19)23-3/h4-10H,1-3H3. The van der Waals surface area contributed by atoms with Gasteiger partial charge in [0.15, 0.2) is 0 Å². The number of sulfonamides is 1. The summed E-state index contributed by atoms with van der Waals surface area (Å²) in [4.78, 5) is 11.6. The summed E-state index contributed by atoms with van der Waals surface area (Å²) in [7, 11) is 0.134. The molecule has 24 heavy (non-hydrogen) atoms. The Hall–Kier alpha value is -2.25. The minimum absolute atomic E-state index is 0.0198. The first kappa shape index (κ1) is 18.1. The van der Waals surface area contributed by atoms with Gasteiger partial charge in [0.05, 0.1) is 35.4 Å². The van der Waals surface area contributed by atoms with Crippen molar-refractivity contribution < 1.29 is 22.7 Å². The van der Waals surface area contributed by atoms with E-state index in [0.717, 1.165) is 4.31 Å². The fourth-order valence-corrected chi connectivity index (χ4v) is 3.54. The van der Waals surface area contributed by atoms with Gasteiger partial charge in [0, 0.05) is 7.05 Å². The summed E-state index contributed by atoms with van der Waals surface area (Å²) < 4.78 is 36.6. The van der Waals surface area contributed by atoms with Crippen LogP contribution in [-0.4, -0.2) is 35.7 Å². The van der Waals surface area contributed by atoms with Gasteiger partial charge < -0.3 is 9.47 Å². The average molecular weight is 370 g/mol. The van der Waals surface area contributed by atoms with E-state index in [-0.39, 0.29) is 15.5 Å². The number of esters is 1. The summed E-state index contributed by atoms with van der Waals surface area (Å²) in [6.07, 6.45) is 0. The maximum Gasteiger partial charge on any atom is 0.339 e. The van der Waals surface area contributed by atoms with Gasteiger partial charge in [0.1, 0.15) is 5.75 Å². The molecule has 0 aromatic heterocycles. The molecule has 0 amide bonds. The van der Waals surface area contributed by atoms with Crippen molar-refractivity contribution in [1.82, 2.24) is 0 Å². The molecule has 0 saturated carbocycles. The highest BCUT2D eigenvalue weighted by molar-refractivity contribution is 7.92. The molecule has 0 aliphatic rings. The fraction of sp³-hybridized carbons (Fsp3) is 0.188. The molecule has 0 radical (unpaired) electrons. The molecule has 0 fully saturated rings. The molecule has 0 aliphatic carbocycles. The van der Waals surface area contributed by atoms with E-state index >= 15 is 0 Å². The minimum Gasteiger partial charge on any atom is -0.495 e. The molecule has 8 heteroatoms. The van der Waals surface area contributed by atoms with Crippen LogP contribution in [0.15, 0.2) is 47.4 Å². The Morgan fingerprint density at radius 3 is 2.42 bits per heavy atom. The van der Waals surface area contributed by atoms with Crippen LogP contribution >= 0.6 is 11.6 Å². The Bertz CT molecular complexity index is 867. The first-order valence-electron chi connectivity index (χ1n) is 6.82. The number of carbonyl (C=O) groups is 1. The molecule has 128 valence electrons. The topological polar surface area (TPSA) is 72.9 Å². The van der Waals surface area contributed by atoms with Crippen LogP contribution in [0.3, 0.4) is 0 Å². The van der Waals surface area contributed by atoms with Gasteiger partial charge in [-0.1, -0.05) is 23.7 Å². The number of carbonyl (C=O) groups excluding carboxylic acids is 1. The van der Waals surface area contributed by atoms with Gasteiger partial charge in [-0.15, -0.1) is 0 Å². The molecule has 0 N–H and O–H groups in total. The zero-order chi connectivity index (χ0) is 17.9. The van der Waals surface area contributed by atoms with Gasteiger partial charge in [-0.25, -0.2) is 13.2 Å². The lowest BCUT2D eigenvalue weighted by Gasteiger charge is -2.22. The van der Waals surface area contributed by atoms with Crippen molar-refractivity contribution in [1.29, 1.82) is 0 Å². The smallest absolute Gasteiger partial charge is 0.339 e. The number of rotatable bonds is 5. The van der Waals surface area contributed by atoms with E-state index in [0.29, 0.717) is 11.4 Å². The lowest BCUT2D eigenvalue weighted by molar-refractivity contribution is 0.0600. The van der Waals surface area contributed by atoms with Gasteiger partial charge in [-0.3, -0.25) is 4.31 Å². The third-order valence-corrected chi connectivity index (χ3v) is 5.52.